The van der Waals surface area contributed by atoms with Crippen LogP contribution in [-0.4, -0.2) is 17.2 Å². The van der Waals surface area contributed by atoms with Crippen molar-refractivity contribution in [2.75, 3.05) is 0 Å². The third-order valence-corrected chi connectivity index (χ3v) is 3.36. The summed E-state index contributed by atoms with van der Waals surface area (Å²) in [6.45, 7) is 0. The zero-order chi connectivity index (χ0) is 12.9. The summed E-state index contributed by atoms with van der Waals surface area (Å²) in [6, 6.07) is 6.74. The summed E-state index contributed by atoms with van der Waals surface area (Å²) in [7, 11) is 0. The SMILES string of the molecule is NC1(N)CC=CC2=C1C(=O)c1ccccc1C2=O. The van der Waals surface area contributed by atoms with Crippen molar-refractivity contribution < 1.29 is 9.59 Å². The maximum atomic E-state index is 12.4. The van der Waals surface area contributed by atoms with E-state index in [0.717, 1.165) is 0 Å². The van der Waals surface area contributed by atoms with Crippen molar-refractivity contribution >= 4 is 11.6 Å². The molecule has 0 amide bonds. The third kappa shape index (κ3) is 1.33. The highest BCUT2D eigenvalue weighted by atomic mass is 16.1. The molecule has 0 spiro atoms. The number of Topliss-reactive ketones (excluding diaryl/α,β-unsaturated/α-hetero) is 2. The standard InChI is InChI=1S/C14H12N2O2/c15-14(16)7-3-6-10-11(14)13(18)9-5-2-1-4-8(9)12(10)17/h1-6H,7,15-16H2. The Morgan fingerprint density at radius 2 is 1.61 bits per heavy atom. The van der Waals surface area contributed by atoms with Gasteiger partial charge in [-0.25, -0.2) is 0 Å². The van der Waals surface area contributed by atoms with Crippen LogP contribution >= 0.6 is 0 Å². The van der Waals surface area contributed by atoms with E-state index in [-0.39, 0.29) is 17.1 Å². The van der Waals surface area contributed by atoms with Crippen molar-refractivity contribution in [2.45, 2.75) is 12.1 Å². The number of hydrogen-bond donors (Lipinski definition) is 2. The fourth-order valence-electron chi connectivity index (χ4n) is 2.49. The summed E-state index contributed by atoms with van der Waals surface area (Å²) >= 11 is 0. The molecule has 1 aromatic rings. The average Bonchev–Trinajstić information content (AvgIpc) is 2.35. The normalized spacial score (nSPS) is 20.8. The number of benzene rings is 1. The van der Waals surface area contributed by atoms with Crippen molar-refractivity contribution in [1.29, 1.82) is 0 Å². The molecule has 0 aliphatic heterocycles. The van der Waals surface area contributed by atoms with Gasteiger partial charge in [0.1, 0.15) is 0 Å². The summed E-state index contributed by atoms with van der Waals surface area (Å²) in [5.41, 5.74) is 12.0. The molecule has 0 saturated heterocycles. The number of carbonyl (C=O) groups excluding carboxylic acids is 2. The van der Waals surface area contributed by atoms with Crippen molar-refractivity contribution in [2.24, 2.45) is 11.5 Å². The first-order valence-electron chi connectivity index (χ1n) is 5.70. The van der Waals surface area contributed by atoms with Crippen LogP contribution < -0.4 is 11.5 Å². The molecule has 0 fully saturated rings. The molecular formula is C14H12N2O2. The molecule has 0 heterocycles. The highest BCUT2D eigenvalue weighted by Gasteiger charge is 2.40. The minimum Gasteiger partial charge on any atom is -0.309 e. The number of allylic oxidation sites excluding steroid dienone is 2. The molecule has 0 aromatic heterocycles. The Morgan fingerprint density at radius 3 is 2.28 bits per heavy atom. The highest BCUT2D eigenvalue weighted by molar-refractivity contribution is 6.28. The summed E-state index contributed by atoms with van der Waals surface area (Å²) in [4.78, 5) is 24.7. The van der Waals surface area contributed by atoms with Gasteiger partial charge in [0.25, 0.3) is 0 Å². The molecule has 2 aliphatic carbocycles. The van der Waals surface area contributed by atoms with Gasteiger partial charge in [0.2, 0.25) is 0 Å². The van der Waals surface area contributed by atoms with Crippen molar-refractivity contribution in [3.63, 3.8) is 0 Å². The van der Waals surface area contributed by atoms with Gasteiger partial charge in [-0.15, -0.1) is 0 Å². The van der Waals surface area contributed by atoms with Crippen LogP contribution in [0.15, 0.2) is 47.6 Å². The second kappa shape index (κ2) is 3.48. The van der Waals surface area contributed by atoms with Crippen LogP contribution in [0.4, 0.5) is 0 Å². The predicted octanol–water partition coefficient (Wildman–Crippen LogP) is 0.936. The molecule has 1 aromatic carbocycles. The van der Waals surface area contributed by atoms with E-state index in [4.69, 9.17) is 11.5 Å². The lowest BCUT2D eigenvalue weighted by molar-refractivity contribution is 0.0963. The molecular weight excluding hydrogens is 228 g/mol. The van der Waals surface area contributed by atoms with Crippen LogP contribution in [0.1, 0.15) is 27.1 Å². The van der Waals surface area contributed by atoms with Gasteiger partial charge in [-0.2, -0.15) is 0 Å². The van der Waals surface area contributed by atoms with E-state index in [1.54, 1.807) is 36.4 Å². The quantitative estimate of drug-likeness (QED) is 0.661. The van der Waals surface area contributed by atoms with E-state index in [1.165, 1.54) is 0 Å². The van der Waals surface area contributed by atoms with E-state index in [9.17, 15) is 9.59 Å². The van der Waals surface area contributed by atoms with E-state index < -0.39 is 5.66 Å². The van der Waals surface area contributed by atoms with Crippen LogP contribution in [0.3, 0.4) is 0 Å². The van der Waals surface area contributed by atoms with Crippen LogP contribution in [-0.2, 0) is 0 Å². The Balaban J connectivity index is 2.30. The smallest absolute Gasteiger partial charge is 0.194 e. The minimum atomic E-state index is -1.26. The molecule has 18 heavy (non-hydrogen) atoms. The monoisotopic (exact) mass is 240 g/mol. The minimum absolute atomic E-state index is 0.184. The van der Waals surface area contributed by atoms with Crippen molar-refractivity contribution in [3.8, 4) is 0 Å². The lowest BCUT2D eigenvalue weighted by atomic mass is 9.75. The third-order valence-electron chi connectivity index (χ3n) is 3.36. The maximum Gasteiger partial charge on any atom is 0.194 e. The first-order valence-corrected chi connectivity index (χ1v) is 5.70. The van der Waals surface area contributed by atoms with Crippen LogP contribution in [0.2, 0.25) is 0 Å². The van der Waals surface area contributed by atoms with Gasteiger partial charge in [0.15, 0.2) is 11.6 Å². The van der Waals surface area contributed by atoms with Crippen LogP contribution in [0.25, 0.3) is 0 Å². The van der Waals surface area contributed by atoms with Gasteiger partial charge in [-0.1, -0.05) is 36.4 Å². The molecule has 0 bridgehead atoms. The first kappa shape index (κ1) is 11.1. The zero-order valence-electron chi connectivity index (χ0n) is 9.64. The van der Waals surface area contributed by atoms with Gasteiger partial charge in [-0.3, -0.25) is 9.59 Å². The molecule has 0 atom stereocenters. The van der Waals surface area contributed by atoms with Crippen LogP contribution in [0, 0.1) is 0 Å². The highest BCUT2D eigenvalue weighted by Crippen LogP contribution is 2.34. The number of fused-ring (bicyclic) bond motifs is 1. The Morgan fingerprint density at radius 1 is 1.00 bits per heavy atom. The van der Waals surface area contributed by atoms with E-state index in [0.29, 0.717) is 23.1 Å². The molecule has 2 aliphatic rings. The van der Waals surface area contributed by atoms with Gasteiger partial charge >= 0.3 is 0 Å². The fourth-order valence-corrected chi connectivity index (χ4v) is 2.49. The number of carbonyl (C=O) groups is 2. The molecule has 90 valence electrons. The van der Waals surface area contributed by atoms with E-state index in [1.807, 2.05) is 0 Å². The van der Waals surface area contributed by atoms with Gasteiger partial charge in [0, 0.05) is 28.7 Å². The lowest BCUT2D eigenvalue weighted by Gasteiger charge is -2.33. The number of nitrogens with two attached hydrogens (primary N) is 2. The molecule has 4 heteroatoms. The summed E-state index contributed by atoms with van der Waals surface area (Å²) in [6.07, 6.45) is 3.73. The average molecular weight is 240 g/mol. The first-order chi connectivity index (χ1) is 8.52. The van der Waals surface area contributed by atoms with Gasteiger partial charge in [-0.05, 0) is 0 Å². The fraction of sp³-hybridized carbons (Fsp3) is 0.143. The Bertz CT molecular complexity index is 639. The second-order valence-corrected chi connectivity index (χ2v) is 4.64. The maximum absolute atomic E-state index is 12.4. The summed E-state index contributed by atoms with van der Waals surface area (Å²) in [5.74, 6) is -0.425. The summed E-state index contributed by atoms with van der Waals surface area (Å²) in [5, 5.41) is 0. The number of hydrogen-bond acceptors (Lipinski definition) is 4. The Hall–Kier alpha value is -2.04. The molecule has 0 radical (unpaired) electrons. The van der Waals surface area contributed by atoms with Crippen molar-refractivity contribution in [3.05, 3.63) is 58.7 Å². The predicted molar refractivity (Wildman–Crippen MR) is 67.0 cm³/mol. The second-order valence-electron chi connectivity index (χ2n) is 4.64. The molecule has 0 unspecified atom stereocenters. The molecule has 0 saturated carbocycles. The number of rotatable bonds is 0. The number of ketones is 2. The lowest BCUT2D eigenvalue weighted by Crippen LogP contribution is -2.55. The summed E-state index contributed by atoms with van der Waals surface area (Å²) < 4.78 is 0. The topological polar surface area (TPSA) is 86.2 Å². The Labute approximate surface area is 104 Å². The zero-order valence-corrected chi connectivity index (χ0v) is 9.64. The molecule has 4 nitrogen and oxygen atoms in total. The molecule has 4 N–H and O–H groups in total. The van der Waals surface area contributed by atoms with Crippen LogP contribution in [0.5, 0.6) is 0 Å². The van der Waals surface area contributed by atoms with Gasteiger partial charge in [0.05, 0.1) is 5.66 Å². The van der Waals surface area contributed by atoms with Gasteiger partial charge < -0.3 is 11.5 Å². The molecule has 3 rings (SSSR count). The largest absolute Gasteiger partial charge is 0.309 e. The van der Waals surface area contributed by atoms with E-state index >= 15 is 0 Å². The Kier molecular flexibility index (Phi) is 2.14. The van der Waals surface area contributed by atoms with E-state index in [2.05, 4.69) is 0 Å². The van der Waals surface area contributed by atoms with Crippen molar-refractivity contribution in [1.82, 2.24) is 0 Å².